The first-order chi connectivity index (χ1) is 16.9. The Morgan fingerprint density at radius 3 is 2.34 bits per heavy atom. The third-order valence-electron chi connectivity index (χ3n) is 6.53. The molecule has 4 rings (SSSR count). The highest BCUT2D eigenvalue weighted by Gasteiger charge is 2.19. The molecule has 1 aromatic heterocycles. The number of para-hydroxylation sites is 1. The maximum atomic E-state index is 11.9. The predicted octanol–water partition coefficient (Wildman–Crippen LogP) is 4.02. The zero-order chi connectivity index (χ0) is 25.0. The number of aromatic nitrogens is 1. The number of hydrogen-bond acceptors (Lipinski definition) is 5. The van der Waals surface area contributed by atoms with E-state index >= 15 is 0 Å². The lowest BCUT2D eigenvalue weighted by atomic mass is 9.95. The fourth-order valence-corrected chi connectivity index (χ4v) is 4.50. The van der Waals surface area contributed by atoms with Gasteiger partial charge in [-0.3, -0.25) is 9.69 Å². The van der Waals surface area contributed by atoms with Crippen molar-refractivity contribution in [3.8, 4) is 5.75 Å². The molecule has 2 aliphatic rings. The van der Waals surface area contributed by atoms with Gasteiger partial charge >= 0.3 is 11.9 Å². The first-order valence-corrected chi connectivity index (χ1v) is 12.2. The van der Waals surface area contributed by atoms with Crippen LogP contribution < -0.4 is 10.3 Å². The van der Waals surface area contributed by atoms with Gasteiger partial charge in [-0.05, 0) is 62.7 Å². The Hall–Kier alpha value is -3.39. The number of aliphatic carboxylic acids is 2. The van der Waals surface area contributed by atoms with Crippen LogP contribution in [-0.2, 0) is 16.1 Å². The van der Waals surface area contributed by atoms with Crippen molar-refractivity contribution in [2.75, 3.05) is 19.7 Å². The van der Waals surface area contributed by atoms with Crippen molar-refractivity contribution in [1.82, 2.24) is 9.88 Å². The van der Waals surface area contributed by atoms with Crippen molar-refractivity contribution in [3.63, 3.8) is 0 Å². The first kappa shape index (κ1) is 26.2. The van der Waals surface area contributed by atoms with Crippen molar-refractivity contribution in [1.29, 1.82) is 0 Å². The second-order valence-corrected chi connectivity index (χ2v) is 9.11. The Morgan fingerprint density at radius 2 is 1.69 bits per heavy atom. The number of nitrogens with one attached hydrogen (secondary N) is 1. The number of aromatic amines is 1. The molecule has 0 amide bonds. The minimum Gasteiger partial charge on any atom is -0.493 e. The van der Waals surface area contributed by atoms with Gasteiger partial charge < -0.3 is 19.9 Å². The monoisotopic (exact) mass is 482 g/mol. The van der Waals surface area contributed by atoms with Gasteiger partial charge in [0.25, 0.3) is 5.56 Å². The summed E-state index contributed by atoms with van der Waals surface area (Å²) in [5.41, 5.74) is 2.07. The highest BCUT2D eigenvalue weighted by atomic mass is 16.5. The minimum absolute atomic E-state index is 0.0312. The number of hydrogen-bond donors (Lipinski definition) is 3. The Kier molecular flexibility index (Phi) is 10.1. The van der Waals surface area contributed by atoms with Gasteiger partial charge in [0, 0.05) is 23.9 Å². The van der Waals surface area contributed by atoms with E-state index in [1.165, 1.54) is 31.2 Å². The van der Waals surface area contributed by atoms with Gasteiger partial charge in [0.2, 0.25) is 0 Å². The van der Waals surface area contributed by atoms with Crippen LogP contribution >= 0.6 is 0 Å². The summed E-state index contributed by atoms with van der Waals surface area (Å²) in [6.07, 6.45) is 13.9. The molecule has 1 saturated carbocycles. The minimum atomic E-state index is -1.82. The van der Waals surface area contributed by atoms with Gasteiger partial charge in [-0.1, -0.05) is 49.3 Å². The van der Waals surface area contributed by atoms with Crippen LogP contribution in [0.5, 0.6) is 5.75 Å². The van der Waals surface area contributed by atoms with Crippen LogP contribution in [0.3, 0.4) is 0 Å². The lowest BCUT2D eigenvalue weighted by Crippen LogP contribution is -2.34. The number of pyridine rings is 1. The first-order valence-electron chi connectivity index (χ1n) is 12.2. The smallest absolute Gasteiger partial charge is 0.414 e. The Morgan fingerprint density at radius 1 is 1.00 bits per heavy atom. The molecule has 35 heavy (non-hydrogen) atoms. The number of H-pyrrole nitrogens is 1. The zero-order valence-electron chi connectivity index (χ0n) is 19.9. The van der Waals surface area contributed by atoms with E-state index in [1.54, 1.807) is 6.20 Å². The van der Waals surface area contributed by atoms with E-state index in [0.717, 1.165) is 56.3 Å². The molecule has 0 bridgehead atoms. The molecule has 188 valence electrons. The number of likely N-dealkylation sites (tertiary alicyclic amines) is 1. The van der Waals surface area contributed by atoms with E-state index in [1.807, 2.05) is 12.1 Å². The zero-order valence-corrected chi connectivity index (χ0v) is 19.9. The van der Waals surface area contributed by atoms with Crippen molar-refractivity contribution in [2.45, 2.75) is 45.1 Å². The average molecular weight is 483 g/mol. The number of nitrogens with zero attached hydrogens (tertiary/aromatic N) is 1. The molecule has 1 aromatic carbocycles. The van der Waals surface area contributed by atoms with Crippen LogP contribution in [0.1, 0.15) is 49.7 Å². The average Bonchev–Trinajstić information content (AvgIpc) is 3.38. The molecule has 0 spiro atoms. The normalized spacial score (nSPS) is 17.1. The number of carboxylic acids is 2. The van der Waals surface area contributed by atoms with Crippen LogP contribution in [-0.4, -0.2) is 51.7 Å². The van der Waals surface area contributed by atoms with Crippen LogP contribution in [0, 0.1) is 11.8 Å². The lowest BCUT2D eigenvalue weighted by Gasteiger charge is -2.30. The van der Waals surface area contributed by atoms with Crippen molar-refractivity contribution in [2.24, 2.45) is 11.8 Å². The Bertz CT molecular complexity index is 1040. The quantitative estimate of drug-likeness (QED) is 0.510. The molecule has 0 unspecified atom stereocenters. The number of benzene rings is 1. The van der Waals surface area contributed by atoms with Gasteiger partial charge in [-0.15, -0.1) is 0 Å². The fourth-order valence-electron chi connectivity index (χ4n) is 4.50. The molecule has 3 N–H and O–H groups in total. The Labute approximate surface area is 205 Å². The van der Waals surface area contributed by atoms with Gasteiger partial charge in [-0.2, -0.15) is 0 Å². The molecule has 1 aliphatic carbocycles. The molecule has 8 nitrogen and oxygen atoms in total. The number of allylic oxidation sites excluding steroid dienone is 1. The summed E-state index contributed by atoms with van der Waals surface area (Å²) < 4.78 is 6.16. The molecule has 8 heteroatoms. The lowest BCUT2D eigenvalue weighted by molar-refractivity contribution is -0.159. The highest BCUT2D eigenvalue weighted by molar-refractivity contribution is 6.27. The summed E-state index contributed by atoms with van der Waals surface area (Å²) in [6.45, 7) is 3.65. The SMILES string of the molecule is O=C(O)C(=O)O.O=c1[nH]cccc1CN1CCC(C=Cc2ccccc2OCC2CCCC2)CC1. The summed E-state index contributed by atoms with van der Waals surface area (Å²) in [6, 6.07) is 12.2. The van der Waals surface area contributed by atoms with Crippen LogP contribution in [0.4, 0.5) is 0 Å². The van der Waals surface area contributed by atoms with Gasteiger partial charge in [-0.25, -0.2) is 9.59 Å². The largest absolute Gasteiger partial charge is 0.493 e. The van der Waals surface area contributed by atoms with Crippen molar-refractivity contribution >= 4 is 18.0 Å². The van der Waals surface area contributed by atoms with Crippen molar-refractivity contribution in [3.05, 3.63) is 70.2 Å². The van der Waals surface area contributed by atoms with Crippen LogP contribution in [0.2, 0.25) is 0 Å². The Balaban J connectivity index is 0.000000509. The maximum absolute atomic E-state index is 11.9. The molecule has 2 fully saturated rings. The van der Waals surface area contributed by atoms with E-state index in [9.17, 15) is 4.79 Å². The molecule has 1 aliphatic heterocycles. The summed E-state index contributed by atoms with van der Waals surface area (Å²) in [4.78, 5) is 35.2. The third kappa shape index (κ3) is 8.72. The summed E-state index contributed by atoms with van der Waals surface area (Å²) in [5.74, 6) is -1.32. The number of ether oxygens (including phenoxy) is 1. The van der Waals surface area contributed by atoms with Crippen molar-refractivity contribution < 1.29 is 24.5 Å². The van der Waals surface area contributed by atoms with E-state index in [0.29, 0.717) is 5.92 Å². The van der Waals surface area contributed by atoms with Crippen LogP contribution in [0.15, 0.2) is 53.5 Å². The number of piperidine rings is 1. The fraction of sp³-hybridized carbons (Fsp3) is 0.444. The second kappa shape index (κ2) is 13.5. The molecular formula is C27H34N2O6. The van der Waals surface area contributed by atoms with E-state index in [-0.39, 0.29) is 5.56 Å². The number of rotatable bonds is 7. The van der Waals surface area contributed by atoms with Crippen LogP contribution in [0.25, 0.3) is 6.08 Å². The third-order valence-corrected chi connectivity index (χ3v) is 6.53. The van der Waals surface area contributed by atoms with Gasteiger partial charge in [0.1, 0.15) is 5.75 Å². The molecule has 2 heterocycles. The second-order valence-electron chi connectivity index (χ2n) is 9.11. The predicted molar refractivity (Wildman–Crippen MR) is 133 cm³/mol. The molecule has 2 aromatic rings. The van der Waals surface area contributed by atoms with E-state index in [2.05, 4.69) is 46.3 Å². The molecular weight excluding hydrogens is 448 g/mol. The maximum Gasteiger partial charge on any atom is 0.414 e. The highest BCUT2D eigenvalue weighted by Crippen LogP contribution is 2.28. The number of carboxylic acid groups (broad SMARTS) is 2. The summed E-state index contributed by atoms with van der Waals surface area (Å²) in [5, 5.41) is 14.8. The standard InChI is InChI=1S/C25H32N2O2.C2H2O4/c28-25-23(9-5-15-26-25)18-27-16-13-20(14-17-27)11-12-22-8-3-4-10-24(22)29-19-21-6-1-2-7-21;3-1(4)2(5)6/h3-5,8-12,15,20-21H,1-2,6-7,13-14,16-19H2,(H,26,28);(H,3,4)(H,5,6). The summed E-state index contributed by atoms with van der Waals surface area (Å²) >= 11 is 0. The molecule has 1 saturated heterocycles. The van der Waals surface area contributed by atoms with E-state index < -0.39 is 11.9 Å². The number of carbonyl (C=O) groups is 2. The van der Waals surface area contributed by atoms with Gasteiger partial charge in [0.05, 0.1) is 6.61 Å². The summed E-state index contributed by atoms with van der Waals surface area (Å²) in [7, 11) is 0. The molecule has 0 atom stereocenters. The topological polar surface area (TPSA) is 120 Å². The van der Waals surface area contributed by atoms with E-state index in [4.69, 9.17) is 24.5 Å². The van der Waals surface area contributed by atoms with Gasteiger partial charge in [0.15, 0.2) is 0 Å². The molecule has 0 radical (unpaired) electrons.